The van der Waals surface area contributed by atoms with Gasteiger partial charge in [0.1, 0.15) is 0 Å². The van der Waals surface area contributed by atoms with E-state index >= 15 is 0 Å². The third-order valence-corrected chi connectivity index (χ3v) is 5.09. The molecular formula is C16H31N3O. The molecule has 0 aliphatic carbocycles. The molecule has 2 fully saturated rings. The highest BCUT2D eigenvalue weighted by atomic mass is 16.2. The summed E-state index contributed by atoms with van der Waals surface area (Å²) in [6, 6.07) is 0. The molecule has 1 amide bonds. The predicted molar refractivity (Wildman–Crippen MR) is 82.7 cm³/mol. The summed E-state index contributed by atoms with van der Waals surface area (Å²) in [5.74, 6) is 1.11. The lowest BCUT2D eigenvalue weighted by Crippen LogP contribution is -2.53. The van der Waals surface area contributed by atoms with E-state index in [1.807, 2.05) is 0 Å². The first kappa shape index (κ1) is 15.8. The number of nitrogens with zero attached hydrogens (tertiary/aromatic N) is 1. The maximum Gasteiger partial charge on any atom is 0.240 e. The number of likely N-dealkylation sites (tertiary alicyclic amines) is 1. The number of nitrogens with one attached hydrogen (secondary N) is 2. The maximum absolute atomic E-state index is 12.3. The van der Waals surface area contributed by atoms with Crippen molar-refractivity contribution in [1.82, 2.24) is 15.5 Å². The molecule has 0 aromatic rings. The SMILES string of the molecule is CCC1(C(=O)NCCCN2CCC(C)CC2)CCCN1. The number of rotatable bonds is 6. The lowest BCUT2D eigenvalue weighted by atomic mass is 9.93. The second-order valence-electron chi connectivity index (χ2n) is 6.60. The zero-order valence-electron chi connectivity index (χ0n) is 13.2. The third kappa shape index (κ3) is 3.95. The molecule has 0 aromatic carbocycles. The largest absolute Gasteiger partial charge is 0.354 e. The Kier molecular flexibility index (Phi) is 5.85. The van der Waals surface area contributed by atoms with Crippen LogP contribution in [0.2, 0.25) is 0 Å². The summed E-state index contributed by atoms with van der Waals surface area (Å²) in [4.78, 5) is 14.8. The first-order chi connectivity index (χ1) is 9.66. The molecule has 2 aliphatic heterocycles. The van der Waals surface area contributed by atoms with Crippen molar-refractivity contribution in [2.45, 2.75) is 57.9 Å². The monoisotopic (exact) mass is 281 g/mol. The van der Waals surface area contributed by atoms with Gasteiger partial charge in [-0.3, -0.25) is 4.79 Å². The van der Waals surface area contributed by atoms with Crippen molar-refractivity contribution >= 4 is 5.91 Å². The number of amides is 1. The van der Waals surface area contributed by atoms with Gasteiger partial charge in [-0.05, 0) is 70.6 Å². The molecule has 1 atom stereocenters. The van der Waals surface area contributed by atoms with E-state index in [0.717, 1.165) is 51.2 Å². The smallest absolute Gasteiger partial charge is 0.240 e. The Bertz CT molecular complexity index is 305. The molecule has 0 spiro atoms. The molecular weight excluding hydrogens is 250 g/mol. The molecule has 2 rings (SSSR count). The van der Waals surface area contributed by atoms with Gasteiger partial charge >= 0.3 is 0 Å². The second kappa shape index (κ2) is 7.41. The van der Waals surface area contributed by atoms with Crippen LogP contribution in [0.15, 0.2) is 0 Å². The van der Waals surface area contributed by atoms with Crippen LogP contribution < -0.4 is 10.6 Å². The van der Waals surface area contributed by atoms with Crippen molar-refractivity contribution in [1.29, 1.82) is 0 Å². The topological polar surface area (TPSA) is 44.4 Å². The van der Waals surface area contributed by atoms with Crippen molar-refractivity contribution in [2.24, 2.45) is 5.92 Å². The molecule has 4 heteroatoms. The quantitative estimate of drug-likeness (QED) is 0.729. The fourth-order valence-corrected chi connectivity index (χ4v) is 3.42. The predicted octanol–water partition coefficient (Wildman–Crippen LogP) is 1.76. The van der Waals surface area contributed by atoms with E-state index < -0.39 is 0 Å². The lowest BCUT2D eigenvalue weighted by Gasteiger charge is -2.30. The molecule has 2 heterocycles. The van der Waals surface area contributed by atoms with E-state index in [0.29, 0.717) is 0 Å². The maximum atomic E-state index is 12.3. The number of carbonyl (C=O) groups excluding carboxylic acids is 1. The summed E-state index contributed by atoms with van der Waals surface area (Å²) in [5.41, 5.74) is -0.277. The van der Waals surface area contributed by atoms with Gasteiger partial charge in [0.15, 0.2) is 0 Å². The van der Waals surface area contributed by atoms with Gasteiger partial charge in [-0.25, -0.2) is 0 Å². The molecule has 0 radical (unpaired) electrons. The lowest BCUT2D eigenvalue weighted by molar-refractivity contribution is -0.127. The van der Waals surface area contributed by atoms with Crippen LogP contribution >= 0.6 is 0 Å². The van der Waals surface area contributed by atoms with Gasteiger partial charge < -0.3 is 15.5 Å². The van der Waals surface area contributed by atoms with Gasteiger partial charge in [0.05, 0.1) is 5.54 Å². The van der Waals surface area contributed by atoms with E-state index in [4.69, 9.17) is 0 Å². The van der Waals surface area contributed by atoms with Crippen LogP contribution in [0, 0.1) is 5.92 Å². The standard InChI is InChI=1S/C16H31N3O/c1-3-16(8-4-10-18-16)15(20)17-9-5-11-19-12-6-14(2)7-13-19/h14,18H,3-13H2,1-2H3,(H,17,20). The summed E-state index contributed by atoms with van der Waals surface area (Å²) in [7, 11) is 0. The summed E-state index contributed by atoms with van der Waals surface area (Å²) < 4.78 is 0. The summed E-state index contributed by atoms with van der Waals surface area (Å²) in [6.07, 6.45) is 6.72. The highest BCUT2D eigenvalue weighted by molar-refractivity contribution is 5.86. The van der Waals surface area contributed by atoms with E-state index in [1.54, 1.807) is 0 Å². The van der Waals surface area contributed by atoms with E-state index in [2.05, 4.69) is 29.4 Å². The van der Waals surface area contributed by atoms with Crippen LogP contribution in [0.25, 0.3) is 0 Å². The Morgan fingerprint density at radius 3 is 2.75 bits per heavy atom. The average Bonchev–Trinajstić information content (AvgIpc) is 2.95. The van der Waals surface area contributed by atoms with Crippen LogP contribution in [-0.4, -0.2) is 49.1 Å². The molecule has 1 unspecified atom stereocenters. The Morgan fingerprint density at radius 2 is 2.15 bits per heavy atom. The molecule has 0 aromatic heterocycles. The Labute approximate surface area is 123 Å². The minimum absolute atomic E-state index is 0.213. The van der Waals surface area contributed by atoms with Crippen molar-refractivity contribution < 1.29 is 4.79 Å². The normalized spacial score (nSPS) is 28.7. The first-order valence-electron chi connectivity index (χ1n) is 8.42. The molecule has 116 valence electrons. The number of hydrogen-bond donors (Lipinski definition) is 2. The van der Waals surface area contributed by atoms with Crippen molar-refractivity contribution in [3.63, 3.8) is 0 Å². The van der Waals surface area contributed by atoms with Gasteiger partial charge in [-0.15, -0.1) is 0 Å². The van der Waals surface area contributed by atoms with Crippen LogP contribution in [0.3, 0.4) is 0 Å². The fourth-order valence-electron chi connectivity index (χ4n) is 3.42. The zero-order valence-corrected chi connectivity index (χ0v) is 13.2. The number of piperidine rings is 1. The van der Waals surface area contributed by atoms with Crippen LogP contribution in [-0.2, 0) is 4.79 Å². The number of hydrogen-bond acceptors (Lipinski definition) is 3. The Balaban J connectivity index is 1.62. The van der Waals surface area contributed by atoms with Crippen LogP contribution in [0.5, 0.6) is 0 Å². The van der Waals surface area contributed by atoms with Crippen molar-refractivity contribution in [3.8, 4) is 0 Å². The third-order valence-electron chi connectivity index (χ3n) is 5.09. The molecule has 4 nitrogen and oxygen atoms in total. The molecule has 20 heavy (non-hydrogen) atoms. The van der Waals surface area contributed by atoms with E-state index in [9.17, 15) is 4.79 Å². The minimum atomic E-state index is -0.277. The Hall–Kier alpha value is -0.610. The second-order valence-corrected chi connectivity index (χ2v) is 6.60. The van der Waals surface area contributed by atoms with Gasteiger partial charge in [-0.1, -0.05) is 13.8 Å². The molecule has 2 N–H and O–H groups in total. The zero-order chi connectivity index (χ0) is 14.4. The summed E-state index contributed by atoms with van der Waals surface area (Å²) >= 11 is 0. The van der Waals surface area contributed by atoms with Gasteiger partial charge in [-0.2, -0.15) is 0 Å². The summed E-state index contributed by atoms with van der Waals surface area (Å²) in [6.45, 7) is 9.83. The van der Waals surface area contributed by atoms with Crippen molar-refractivity contribution in [3.05, 3.63) is 0 Å². The van der Waals surface area contributed by atoms with Gasteiger partial charge in [0.2, 0.25) is 5.91 Å². The van der Waals surface area contributed by atoms with E-state index in [-0.39, 0.29) is 11.4 Å². The molecule has 0 bridgehead atoms. The van der Waals surface area contributed by atoms with Crippen LogP contribution in [0.4, 0.5) is 0 Å². The van der Waals surface area contributed by atoms with E-state index in [1.165, 1.54) is 25.9 Å². The molecule has 2 saturated heterocycles. The highest BCUT2D eigenvalue weighted by Crippen LogP contribution is 2.23. The average molecular weight is 281 g/mol. The van der Waals surface area contributed by atoms with Crippen LogP contribution in [0.1, 0.15) is 52.4 Å². The summed E-state index contributed by atoms with van der Waals surface area (Å²) in [5, 5.41) is 6.53. The minimum Gasteiger partial charge on any atom is -0.354 e. The molecule has 2 aliphatic rings. The van der Waals surface area contributed by atoms with Gasteiger partial charge in [0, 0.05) is 6.54 Å². The fraction of sp³-hybridized carbons (Fsp3) is 0.938. The first-order valence-corrected chi connectivity index (χ1v) is 8.42. The Morgan fingerprint density at radius 1 is 1.40 bits per heavy atom. The van der Waals surface area contributed by atoms with Crippen molar-refractivity contribution in [2.75, 3.05) is 32.7 Å². The van der Waals surface area contributed by atoms with Gasteiger partial charge in [0.25, 0.3) is 0 Å². The number of carbonyl (C=O) groups is 1. The molecule has 0 saturated carbocycles. The highest BCUT2D eigenvalue weighted by Gasteiger charge is 2.38.